The number of para-hydroxylation sites is 1. The van der Waals surface area contributed by atoms with Crippen LogP contribution in [0.3, 0.4) is 0 Å². The van der Waals surface area contributed by atoms with Gasteiger partial charge in [0.15, 0.2) is 0 Å². The number of hydrogen-bond acceptors (Lipinski definition) is 3. The summed E-state index contributed by atoms with van der Waals surface area (Å²) < 4.78 is 0. The molecule has 1 aliphatic heterocycles. The summed E-state index contributed by atoms with van der Waals surface area (Å²) in [4.78, 5) is 37.5. The van der Waals surface area contributed by atoms with E-state index in [1.165, 1.54) is 0 Å². The summed E-state index contributed by atoms with van der Waals surface area (Å²) in [6.45, 7) is 6.20. The average molecular weight is 303 g/mol. The smallest absolute Gasteiger partial charge is 0.250 e. The summed E-state index contributed by atoms with van der Waals surface area (Å²) in [5.74, 6) is -1.33. The normalized spacial score (nSPS) is 18.4. The van der Waals surface area contributed by atoms with E-state index in [1.807, 2.05) is 20.8 Å². The summed E-state index contributed by atoms with van der Waals surface area (Å²) in [6.07, 6.45) is 0.182. The molecule has 1 aromatic rings. The highest BCUT2D eigenvalue weighted by atomic mass is 16.2. The van der Waals surface area contributed by atoms with Crippen molar-refractivity contribution in [3.05, 3.63) is 29.8 Å². The number of benzene rings is 1. The first-order valence-electron chi connectivity index (χ1n) is 7.20. The van der Waals surface area contributed by atoms with Crippen LogP contribution in [0.1, 0.15) is 37.6 Å². The fraction of sp³-hybridized carbons (Fsp3) is 0.438. The molecule has 0 aromatic heterocycles. The first-order chi connectivity index (χ1) is 10.2. The lowest BCUT2D eigenvalue weighted by atomic mass is 10.1. The number of nitrogens with two attached hydrogens (primary N) is 1. The number of anilines is 1. The molecule has 6 nitrogen and oxygen atoms in total. The van der Waals surface area contributed by atoms with Crippen LogP contribution in [0.15, 0.2) is 24.3 Å². The van der Waals surface area contributed by atoms with Gasteiger partial charge in [0.05, 0.1) is 17.2 Å². The van der Waals surface area contributed by atoms with Gasteiger partial charge in [0.2, 0.25) is 11.8 Å². The van der Waals surface area contributed by atoms with Crippen LogP contribution in [0.25, 0.3) is 0 Å². The monoisotopic (exact) mass is 303 g/mol. The van der Waals surface area contributed by atoms with E-state index in [-0.39, 0.29) is 29.3 Å². The molecule has 0 spiro atoms. The van der Waals surface area contributed by atoms with Gasteiger partial charge in [0.1, 0.15) is 0 Å². The van der Waals surface area contributed by atoms with E-state index in [2.05, 4.69) is 5.32 Å². The van der Waals surface area contributed by atoms with E-state index in [0.717, 1.165) is 0 Å². The molecule has 2 rings (SSSR count). The van der Waals surface area contributed by atoms with Crippen LogP contribution in [0, 0.1) is 5.92 Å². The van der Waals surface area contributed by atoms with Crippen LogP contribution >= 0.6 is 0 Å². The standard InChI is InChI=1S/C16H21N3O3/c1-16(2,3)19-9-10(8-13(19)20)15(22)18-12-7-5-4-6-11(12)14(17)21/h4-7,10H,8-9H2,1-3H3,(H2,17,21)(H,18,22). The van der Waals surface area contributed by atoms with Gasteiger partial charge in [-0.3, -0.25) is 14.4 Å². The molecule has 0 radical (unpaired) electrons. The van der Waals surface area contributed by atoms with Gasteiger partial charge in [-0.1, -0.05) is 12.1 Å². The summed E-state index contributed by atoms with van der Waals surface area (Å²) in [5.41, 5.74) is 5.62. The SMILES string of the molecule is CC(C)(C)N1CC(C(=O)Nc2ccccc2C(N)=O)CC1=O. The Morgan fingerprint density at radius 3 is 2.45 bits per heavy atom. The van der Waals surface area contributed by atoms with Crippen LogP contribution in [-0.2, 0) is 9.59 Å². The highest BCUT2D eigenvalue weighted by molar-refractivity contribution is 6.04. The van der Waals surface area contributed by atoms with Crippen molar-refractivity contribution in [1.29, 1.82) is 0 Å². The lowest BCUT2D eigenvalue weighted by Crippen LogP contribution is -2.42. The lowest BCUT2D eigenvalue weighted by molar-refractivity contribution is -0.131. The summed E-state index contributed by atoms with van der Waals surface area (Å²) in [7, 11) is 0. The lowest BCUT2D eigenvalue weighted by Gasteiger charge is -2.31. The summed E-state index contributed by atoms with van der Waals surface area (Å²) in [5, 5.41) is 2.71. The molecule has 1 atom stereocenters. The zero-order chi connectivity index (χ0) is 16.5. The third-order valence-electron chi connectivity index (χ3n) is 3.76. The first-order valence-corrected chi connectivity index (χ1v) is 7.20. The van der Waals surface area contributed by atoms with Crippen molar-refractivity contribution in [3.8, 4) is 0 Å². The maximum atomic E-state index is 12.4. The minimum Gasteiger partial charge on any atom is -0.366 e. The van der Waals surface area contributed by atoms with Crippen molar-refractivity contribution >= 4 is 23.4 Å². The Kier molecular flexibility index (Phi) is 4.21. The van der Waals surface area contributed by atoms with Crippen molar-refractivity contribution in [2.75, 3.05) is 11.9 Å². The molecular weight excluding hydrogens is 282 g/mol. The maximum absolute atomic E-state index is 12.4. The third-order valence-corrected chi connectivity index (χ3v) is 3.76. The zero-order valence-corrected chi connectivity index (χ0v) is 13.1. The van der Waals surface area contributed by atoms with Gasteiger partial charge in [-0.2, -0.15) is 0 Å². The second-order valence-corrected chi connectivity index (χ2v) is 6.48. The molecule has 0 aliphatic carbocycles. The van der Waals surface area contributed by atoms with E-state index in [9.17, 15) is 14.4 Å². The van der Waals surface area contributed by atoms with Crippen molar-refractivity contribution < 1.29 is 14.4 Å². The molecule has 1 fully saturated rings. The van der Waals surface area contributed by atoms with Gasteiger partial charge < -0.3 is 16.0 Å². The molecule has 1 unspecified atom stereocenters. The number of likely N-dealkylation sites (tertiary alicyclic amines) is 1. The van der Waals surface area contributed by atoms with Gasteiger partial charge >= 0.3 is 0 Å². The Morgan fingerprint density at radius 2 is 1.91 bits per heavy atom. The first kappa shape index (κ1) is 16.0. The van der Waals surface area contributed by atoms with Gasteiger partial charge in [-0.15, -0.1) is 0 Å². The highest BCUT2D eigenvalue weighted by Gasteiger charge is 2.39. The number of hydrogen-bond donors (Lipinski definition) is 2. The van der Waals surface area contributed by atoms with Crippen molar-refractivity contribution in [1.82, 2.24) is 4.90 Å². The van der Waals surface area contributed by atoms with Crippen LogP contribution in [0.4, 0.5) is 5.69 Å². The molecule has 1 saturated heterocycles. The number of amides is 3. The predicted molar refractivity (Wildman–Crippen MR) is 83.2 cm³/mol. The van der Waals surface area contributed by atoms with Gasteiger partial charge in [-0.25, -0.2) is 0 Å². The summed E-state index contributed by atoms with van der Waals surface area (Å²) >= 11 is 0. The van der Waals surface area contributed by atoms with Crippen LogP contribution in [0.5, 0.6) is 0 Å². The zero-order valence-electron chi connectivity index (χ0n) is 13.1. The van der Waals surface area contributed by atoms with E-state index in [4.69, 9.17) is 5.73 Å². The summed E-state index contributed by atoms with van der Waals surface area (Å²) in [6, 6.07) is 6.56. The van der Waals surface area contributed by atoms with Gasteiger partial charge in [-0.05, 0) is 32.9 Å². The molecule has 118 valence electrons. The number of primary amides is 1. The largest absolute Gasteiger partial charge is 0.366 e. The topological polar surface area (TPSA) is 92.5 Å². The average Bonchev–Trinajstić information content (AvgIpc) is 2.81. The number of rotatable bonds is 3. The molecule has 1 heterocycles. The Bertz CT molecular complexity index is 619. The predicted octanol–water partition coefficient (Wildman–Crippen LogP) is 1.37. The Hall–Kier alpha value is -2.37. The molecule has 22 heavy (non-hydrogen) atoms. The van der Waals surface area contributed by atoms with E-state index < -0.39 is 11.8 Å². The van der Waals surface area contributed by atoms with Crippen LogP contribution in [0.2, 0.25) is 0 Å². The second-order valence-electron chi connectivity index (χ2n) is 6.48. The molecule has 0 bridgehead atoms. The Labute approximate surface area is 129 Å². The molecule has 3 N–H and O–H groups in total. The Morgan fingerprint density at radius 1 is 1.27 bits per heavy atom. The van der Waals surface area contributed by atoms with Crippen LogP contribution < -0.4 is 11.1 Å². The van der Waals surface area contributed by atoms with Crippen molar-refractivity contribution in [3.63, 3.8) is 0 Å². The molecular formula is C16H21N3O3. The Balaban J connectivity index is 2.12. The van der Waals surface area contributed by atoms with Crippen molar-refractivity contribution in [2.45, 2.75) is 32.7 Å². The number of nitrogens with one attached hydrogen (secondary N) is 1. The van der Waals surface area contributed by atoms with Crippen molar-refractivity contribution in [2.24, 2.45) is 11.7 Å². The van der Waals surface area contributed by atoms with E-state index in [1.54, 1.807) is 29.2 Å². The molecule has 1 aromatic carbocycles. The third kappa shape index (κ3) is 3.27. The molecule has 6 heteroatoms. The minimum absolute atomic E-state index is 0.0316. The minimum atomic E-state index is -0.602. The van der Waals surface area contributed by atoms with Crippen LogP contribution in [-0.4, -0.2) is 34.7 Å². The van der Waals surface area contributed by atoms with Gasteiger partial charge in [0.25, 0.3) is 5.91 Å². The fourth-order valence-corrected chi connectivity index (χ4v) is 2.57. The molecule has 1 aliphatic rings. The van der Waals surface area contributed by atoms with E-state index in [0.29, 0.717) is 12.2 Å². The number of carbonyl (C=O) groups is 3. The number of carbonyl (C=O) groups excluding carboxylic acids is 3. The quantitative estimate of drug-likeness (QED) is 0.883. The van der Waals surface area contributed by atoms with E-state index >= 15 is 0 Å². The highest BCUT2D eigenvalue weighted by Crippen LogP contribution is 2.27. The molecule has 0 saturated carbocycles. The second kappa shape index (κ2) is 5.79. The maximum Gasteiger partial charge on any atom is 0.250 e. The fourth-order valence-electron chi connectivity index (χ4n) is 2.57. The molecule has 3 amide bonds. The number of nitrogens with zero attached hydrogens (tertiary/aromatic N) is 1. The van der Waals surface area contributed by atoms with Gasteiger partial charge in [0, 0.05) is 18.5 Å².